The van der Waals surface area contributed by atoms with Gasteiger partial charge in [0.15, 0.2) is 5.76 Å². The molecule has 1 aromatic carbocycles. The Kier molecular flexibility index (Phi) is 6.75. The summed E-state index contributed by atoms with van der Waals surface area (Å²) in [4.78, 5) is 23.2. The Morgan fingerprint density at radius 2 is 1.92 bits per heavy atom. The van der Waals surface area contributed by atoms with E-state index in [4.69, 9.17) is 32.4 Å². The van der Waals surface area contributed by atoms with Crippen molar-refractivity contribution in [3.05, 3.63) is 28.2 Å². The molecule has 0 saturated carbocycles. The minimum Gasteiger partial charge on any atom is -0.502 e. The monoisotopic (exact) mass is 449 g/mol. The van der Waals surface area contributed by atoms with Crippen LogP contribution in [0.25, 0.3) is 11.3 Å². The van der Waals surface area contributed by atoms with Crippen molar-refractivity contribution in [2.45, 2.75) is 19.8 Å². The molecule has 0 unspecified atom stereocenters. The number of ether oxygens (including phenoxy) is 1. The summed E-state index contributed by atoms with van der Waals surface area (Å²) in [5.74, 6) is -1.94. The van der Waals surface area contributed by atoms with Crippen molar-refractivity contribution in [3.63, 3.8) is 0 Å². The Labute approximate surface area is 162 Å². The zero-order valence-corrected chi connectivity index (χ0v) is 16.2. The number of alkyl halides is 1. The van der Waals surface area contributed by atoms with Crippen LogP contribution in [0, 0.1) is 0 Å². The minimum atomic E-state index is -0.678. The highest BCUT2D eigenvalue weighted by Crippen LogP contribution is 2.47. The maximum Gasteiger partial charge on any atom is 0.308 e. The Hall–Kier alpha value is -1.70. The Bertz CT molecular complexity index is 786. The van der Waals surface area contributed by atoms with Crippen LogP contribution in [0.4, 0.5) is 5.88 Å². The van der Waals surface area contributed by atoms with Crippen molar-refractivity contribution in [2.75, 3.05) is 10.6 Å². The summed E-state index contributed by atoms with van der Waals surface area (Å²) >= 11 is 15.1. The third kappa shape index (κ3) is 5.14. The predicted molar refractivity (Wildman–Crippen MR) is 98.8 cm³/mol. The van der Waals surface area contributed by atoms with E-state index < -0.39 is 11.7 Å². The lowest BCUT2D eigenvalue weighted by molar-refractivity contribution is -0.132. The average molecular weight is 451 g/mol. The number of carbonyl (C=O) groups is 2. The molecule has 0 aliphatic heterocycles. The van der Waals surface area contributed by atoms with Gasteiger partial charge in [-0.1, -0.05) is 39.1 Å². The van der Waals surface area contributed by atoms with Gasteiger partial charge in [-0.3, -0.25) is 14.9 Å². The first-order valence-corrected chi connectivity index (χ1v) is 9.06. The number of esters is 1. The topological polar surface area (TPSA) is 88.8 Å². The Morgan fingerprint density at radius 1 is 1.28 bits per heavy atom. The van der Waals surface area contributed by atoms with E-state index in [1.54, 1.807) is 0 Å². The average Bonchev–Trinajstić information content (AvgIpc) is 2.80. The van der Waals surface area contributed by atoms with Gasteiger partial charge >= 0.3 is 5.97 Å². The second-order valence-corrected chi connectivity index (χ2v) is 6.70. The van der Waals surface area contributed by atoms with E-state index in [0.29, 0.717) is 27.4 Å². The first-order valence-electron chi connectivity index (χ1n) is 7.18. The van der Waals surface area contributed by atoms with Gasteiger partial charge < -0.3 is 14.3 Å². The number of rotatable bonds is 6. The van der Waals surface area contributed by atoms with Crippen molar-refractivity contribution in [1.82, 2.24) is 0 Å². The van der Waals surface area contributed by atoms with E-state index >= 15 is 0 Å². The van der Waals surface area contributed by atoms with Crippen molar-refractivity contribution in [2.24, 2.45) is 0 Å². The fourth-order valence-corrected chi connectivity index (χ4v) is 2.83. The molecule has 6 nitrogen and oxygen atoms in total. The van der Waals surface area contributed by atoms with Gasteiger partial charge in [-0.25, -0.2) is 0 Å². The zero-order chi connectivity index (χ0) is 18.6. The summed E-state index contributed by atoms with van der Waals surface area (Å²) in [6.45, 7) is 1.17. The van der Waals surface area contributed by atoms with Gasteiger partial charge in [0.05, 0.1) is 0 Å². The van der Waals surface area contributed by atoms with Crippen LogP contribution in [0.2, 0.25) is 10.0 Å². The molecule has 1 amide bonds. The van der Waals surface area contributed by atoms with Crippen LogP contribution < -0.4 is 10.1 Å². The van der Waals surface area contributed by atoms with Crippen LogP contribution in [-0.2, 0) is 9.59 Å². The van der Waals surface area contributed by atoms with Gasteiger partial charge in [-0.2, -0.15) is 0 Å². The van der Waals surface area contributed by atoms with E-state index in [2.05, 4.69) is 21.2 Å². The van der Waals surface area contributed by atoms with E-state index in [9.17, 15) is 14.7 Å². The summed E-state index contributed by atoms with van der Waals surface area (Å²) in [5.41, 5.74) is 0.365. The molecule has 1 aromatic heterocycles. The lowest BCUT2D eigenvalue weighted by Crippen LogP contribution is -2.12. The molecule has 134 valence electrons. The molecule has 0 aliphatic carbocycles. The fourth-order valence-electron chi connectivity index (χ4n) is 2.03. The molecule has 25 heavy (non-hydrogen) atoms. The summed E-state index contributed by atoms with van der Waals surface area (Å²) in [6.07, 6.45) is 0.836. The minimum absolute atomic E-state index is 0.0311. The molecule has 0 bridgehead atoms. The molecule has 0 aliphatic rings. The quantitative estimate of drug-likeness (QED) is 0.477. The van der Waals surface area contributed by atoms with Crippen LogP contribution in [0.1, 0.15) is 19.8 Å². The standard InChI is InChI=1S/C16H14BrCl2NO5/c1-8(21)24-15-13(23)14(9-5-10(18)7-11(19)6-9)25-16(15)20-12(22)3-2-4-17/h5-7,23H,2-4H2,1H3,(H,20,22). The summed E-state index contributed by atoms with van der Waals surface area (Å²) in [6, 6.07) is 4.54. The third-order valence-electron chi connectivity index (χ3n) is 3.00. The molecule has 1 heterocycles. The van der Waals surface area contributed by atoms with Gasteiger partial charge in [0.1, 0.15) is 0 Å². The largest absolute Gasteiger partial charge is 0.502 e. The SMILES string of the molecule is CC(=O)Oc1c(NC(=O)CCCBr)oc(-c2cc(Cl)cc(Cl)c2)c1O. The van der Waals surface area contributed by atoms with E-state index in [1.165, 1.54) is 25.1 Å². The van der Waals surface area contributed by atoms with Crippen LogP contribution in [0.5, 0.6) is 11.5 Å². The first-order chi connectivity index (χ1) is 11.8. The van der Waals surface area contributed by atoms with Crippen molar-refractivity contribution < 1.29 is 23.8 Å². The van der Waals surface area contributed by atoms with Gasteiger partial charge in [0.2, 0.25) is 23.3 Å². The molecule has 9 heteroatoms. The van der Waals surface area contributed by atoms with Gasteiger partial charge in [-0.15, -0.1) is 0 Å². The van der Waals surface area contributed by atoms with E-state index in [-0.39, 0.29) is 29.7 Å². The maximum absolute atomic E-state index is 11.9. The van der Waals surface area contributed by atoms with Gasteiger partial charge in [0, 0.05) is 34.3 Å². The van der Waals surface area contributed by atoms with Gasteiger partial charge in [0.25, 0.3) is 0 Å². The number of amides is 1. The summed E-state index contributed by atoms with van der Waals surface area (Å²) in [5, 5.41) is 14.2. The number of nitrogens with one attached hydrogen (secondary N) is 1. The fraction of sp³-hybridized carbons (Fsp3) is 0.250. The first kappa shape index (κ1) is 19.6. The van der Waals surface area contributed by atoms with Gasteiger partial charge in [-0.05, 0) is 24.6 Å². The smallest absolute Gasteiger partial charge is 0.308 e. The number of furan rings is 1. The molecule has 0 spiro atoms. The van der Waals surface area contributed by atoms with Crippen LogP contribution in [0.15, 0.2) is 22.6 Å². The number of halogens is 3. The van der Waals surface area contributed by atoms with E-state index in [0.717, 1.165) is 0 Å². The van der Waals surface area contributed by atoms with Crippen molar-refractivity contribution in [1.29, 1.82) is 0 Å². The molecule has 2 N–H and O–H groups in total. The Balaban J connectivity index is 2.44. The number of hydrogen-bond donors (Lipinski definition) is 2. The number of hydrogen-bond acceptors (Lipinski definition) is 5. The number of benzene rings is 1. The second kappa shape index (κ2) is 8.60. The molecule has 0 saturated heterocycles. The highest BCUT2D eigenvalue weighted by Gasteiger charge is 2.25. The Morgan fingerprint density at radius 3 is 2.48 bits per heavy atom. The van der Waals surface area contributed by atoms with Crippen LogP contribution >= 0.6 is 39.1 Å². The van der Waals surface area contributed by atoms with Crippen molar-refractivity contribution >= 4 is 56.9 Å². The molecular weight excluding hydrogens is 437 g/mol. The van der Waals surface area contributed by atoms with E-state index in [1.807, 2.05) is 0 Å². The molecule has 0 radical (unpaired) electrons. The number of anilines is 1. The molecular formula is C16H14BrCl2NO5. The molecule has 2 rings (SSSR count). The maximum atomic E-state index is 11.9. The summed E-state index contributed by atoms with van der Waals surface area (Å²) in [7, 11) is 0. The highest BCUT2D eigenvalue weighted by molar-refractivity contribution is 9.09. The van der Waals surface area contributed by atoms with Crippen molar-refractivity contribution in [3.8, 4) is 22.8 Å². The predicted octanol–water partition coefficient (Wildman–Crippen LogP) is 5.00. The molecule has 0 fully saturated rings. The van der Waals surface area contributed by atoms with Crippen LogP contribution in [-0.4, -0.2) is 22.3 Å². The summed E-state index contributed by atoms with van der Waals surface area (Å²) < 4.78 is 10.5. The zero-order valence-electron chi connectivity index (χ0n) is 13.1. The lowest BCUT2D eigenvalue weighted by atomic mass is 10.1. The lowest BCUT2D eigenvalue weighted by Gasteiger charge is -2.04. The van der Waals surface area contributed by atoms with Crippen LogP contribution in [0.3, 0.4) is 0 Å². The second-order valence-electron chi connectivity index (χ2n) is 5.03. The highest BCUT2D eigenvalue weighted by atomic mass is 79.9. The molecule has 0 atom stereocenters. The normalized spacial score (nSPS) is 10.6. The third-order valence-corrected chi connectivity index (χ3v) is 4.00. The number of carbonyl (C=O) groups excluding carboxylic acids is 2. The molecule has 2 aromatic rings. The number of aromatic hydroxyl groups is 1.